The highest BCUT2D eigenvalue weighted by atomic mass is 19.1. The Labute approximate surface area is 221 Å². The molecule has 6 rings (SSSR count). The maximum absolute atomic E-state index is 14.1. The minimum atomic E-state index is -0.332. The second-order valence-electron chi connectivity index (χ2n) is 9.85. The van der Waals surface area contributed by atoms with E-state index in [1.807, 2.05) is 25.4 Å². The van der Waals surface area contributed by atoms with Crippen LogP contribution < -0.4 is 10.6 Å². The Morgan fingerprint density at radius 3 is 2.63 bits per heavy atom. The zero-order valence-electron chi connectivity index (χ0n) is 21.2. The molecule has 7 heteroatoms. The Hall–Kier alpha value is -4.36. The van der Waals surface area contributed by atoms with Crippen molar-refractivity contribution < 1.29 is 9.18 Å². The number of halogens is 1. The van der Waals surface area contributed by atoms with Crippen molar-refractivity contribution in [3.05, 3.63) is 102 Å². The van der Waals surface area contributed by atoms with Gasteiger partial charge in [0.25, 0.3) is 5.91 Å². The number of fused-ring (bicyclic) bond motifs is 1. The van der Waals surface area contributed by atoms with E-state index in [0.717, 1.165) is 47.6 Å². The maximum atomic E-state index is 14.1. The molecule has 0 unspecified atom stereocenters. The zero-order chi connectivity index (χ0) is 26.1. The summed E-state index contributed by atoms with van der Waals surface area (Å²) < 4.78 is 14.1. The lowest BCUT2D eigenvalue weighted by Gasteiger charge is -2.30. The molecule has 1 saturated heterocycles. The summed E-state index contributed by atoms with van der Waals surface area (Å²) >= 11 is 0. The average molecular weight is 506 g/mol. The molecule has 2 N–H and O–H groups in total. The SMILES string of the molecule is CC1=C(C(=O)Nc2ccc(-c3ccccc3F)nc2)c2cc(-c3cncc(CN4CCC4)c3)ccc2NC1. The Bertz CT molecular complexity index is 1540. The normalized spacial score (nSPS) is 14.9. The van der Waals surface area contributed by atoms with Crippen molar-refractivity contribution in [1.29, 1.82) is 0 Å². The van der Waals surface area contributed by atoms with Crippen molar-refractivity contribution in [3.63, 3.8) is 0 Å². The number of amides is 1. The van der Waals surface area contributed by atoms with Gasteiger partial charge in [-0.1, -0.05) is 18.2 Å². The second-order valence-corrected chi connectivity index (χ2v) is 9.85. The molecule has 0 saturated carbocycles. The van der Waals surface area contributed by atoms with E-state index in [1.54, 1.807) is 36.5 Å². The van der Waals surface area contributed by atoms with Crippen molar-refractivity contribution in [2.24, 2.45) is 0 Å². The highest BCUT2D eigenvalue weighted by molar-refractivity contribution is 6.27. The fourth-order valence-corrected chi connectivity index (χ4v) is 4.97. The topological polar surface area (TPSA) is 70.2 Å². The molecular formula is C31H28FN5O. The fraction of sp³-hybridized carbons (Fsp3) is 0.194. The van der Waals surface area contributed by atoms with E-state index < -0.39 is 0 Å². The van der Waals surface area contributed by atoms with E-state index in [-0.39, 0.29) is 11.7 Å². The molecule has 0 bridgehead atoms. The van der Waals surface area contributed by atoms with Crippen LogP contribution in [0.4, 0.5) is 15.8 Å². The van der Waals surface area contributed by atoms with Gasteiger partial charge in [-0.2, -0.15) is 0 Å². The average Bonchev–Trinajstić information content (AvgIpc) is 2.91. The molecule has 1 amide bonds. The lowest BCUT2D eigenvalue weighted by Crippen LogP contribution is -2.36. The number of anilines is 2. The molecular weight excluding hydrogens is 477 g/mol. The van der Waals surface area contributed by atoms with Crippen LogP contribution in [-0.4, -0.2) is 40.4 Å². The van der Waals surface area contributed by atoms with Crippen LogP contribution in [0.25, 0.3) is 28.0 Å². The summed E-state index contributed by atoms with van der Waals surface area (Å²) in [6.45, 7) is 5.74. The number of rotatable bonds is 6. The van der Waals surface area contributed by atoms with Crippen LogP contribution in [0.3, 0.4) is 0 Å². The maximum Gasteiger partial charge on any atom is 0.256 e. The van der Waals surface area contributed by atoms with E-state index >= 15 is 0 Å². The summed E-state index contributed by atoms with van der Waals surface area (Å²) in [4.78, 5) is 24.8. The first-order chi connectivity index (χ1) is 18.5. The molecule has 1 fully saturated rings. The lowest BCUT2D eigenvalue weighted by molar-refractivity contribution is -0.111. The van der Waals surface area contributed by atoms with Crippen molar-refractivity contribution in [2.75, 3.05) is 30.3 Å². The smallest absolute Gasteiger partial charge is 0.256 e. The number of benzene rings is 2. The highest BCUT2D eigenvalue weighted by Crippen LogP contribution is 2.35. The molecule has 4 heterocycles. The first kappa shape index (κ1) is 24.0. The molecule has 190 valence electrons. The van der Waals surface area contributed by atoms with Crippen molar-refractivity contribution in [1.82, 2.24) is 14.9 Å². The molecule has 2 aliphatic heterocycles. The number of carbonyl (C=O) groups is 1. The fourth-order valence-electron chi connectivity index (χ4n) is 4.97. The number of likely N-dealkylation sites (tertiary alicyclic amines) is 1. The minimum Gasteiger partial charge on any atom is -0.381 e. The summed E-state index contributed by atoms with van der Waals surface area (Å²) in [6, 6.07) is 18.3. The third kappa shape index (κ3) is 4.80. The molecule has 2 aliphatic rings. The minimum absolute atomic E-state index is 0.201. The number of nitrogens with zero attached hydrogens (tertiary/aromatic N) is 3. The molecule has 38 heavy (non-hydrogen) atoms. The van der Waals surface area contributed by atoms with Crippen LogP contribution in [0.1, 0.15) is 24.5 Å². The number of hydrogen-bond acceptors (Lipinski definition) is 5. The van der Waals surface area contributed by atoms with Gasteiger partial charge in [0, 0.05) is 53.4 Å². The van der Waals surface area contributed by atoms with E-state index in [9.17, 15) is 9.18 Å². The van der Waals surface area contributed by atoms with Crippen LogP contribution in [-0.2, 0) is 11.3 Å². The van der Waals surface area contributed by atoms with Gasteiger partial charge in [-0.3, -0.25) is 19.7 Å². The standard InChI is InChI=1S/C31H28FN5O/c1-20-15-34-29-9-7-22(23-13-21(16-33-17-23)19-37-11-4-12-37)14-26(29)30(20)31(38)36-24-8-10-28(35-18-24)25-5-2-3-6-27(25)32/h2-3,5-10,13-14,16-18,34H,4,11-12,15,19H2,1H3,(H,36,38). The van der Waals surface area contributed by atoms with Gasteiger partial charge in [0.2, 0.25) is 0 Å². The predicted molar refractivity (Wildman–Crippen MR) is 149 cm³/mol. The van der Waals surface area contributed by atoms with Gasteiger partial charge in [-0.15, -0.1) is 0 Å². The predicted octanol–water partition coefficient (Wildman–Crippen LogP) is 5.99. The number of nitrogens with one attached hydrogen (secondary N) is 2. The highest BCUT2D eigenvalue weighted by Gasteiger charge is 2.23. The van der Waals surface area contributed by atoms with Gasteiger partial charge < -0.3 is 10.6 Å². The molecule has 2 aromatic heterocycles. The number of pyridine rings is 2. The van der Waals surface area contributed by atoms with Crippen LogP contribution in [0.5, 0.6) is 0 Å². The summed E-state index contributed by atoms with van der Waals surface area (Å²) in [5.41, 5.74) is 8.08. The molecule has 2 aromatic carbocycles. The summed E-state index contributed by atoms with van der Waals surface area (Å²) in [6.07, 6.45) is 6.61. The summed E-state index contributed by atoms with van der Waals surface area (Å²) in [5.74, 6) is -0.534. The Morgan fingerprint density at radius 1 is 1.00 bits per heavy atom. The van der Waals surface area contributed by atoms with E-state index in [1.165, 1.54) is 18.1 Å². The molecule has 6 nitrogen and oxygen atoms in total. The van der Waals surface area contributed by atoms with Gasteiger partial charge in [-0.25, -0.2) is 4.39 Å². The van der Waals surface area contributed by atoms with Gasteiger partial charge in [0.1, 0.15) is 5.82 Å². The molecule has 0 radical (unpaired) electrons. The summed E-state index contributed by atoms with van der Waals surface area (Å²) in [5, 5.41) is 6.40. The van der Waals surface area contributed by atoms with Gasteiger partial charge in [-0.05, 0) is 85.6 Å². The van der Waals surface area contributed by atoms with Crippen LogP contribution in [0.2, 0.25) is 0 Å². The third-order valence-electron chi connectivity index (χ3n) is 7.14. The Balaban J connectivity index is 1.25. The molecule has 0 aliphatic carbocycles. The largest absolute Gasteiger partial charge is 0.381 e. The Kier molecular flexibility index (Phi) is 6.43. The van der Waals surface area contributed by atoms with E-state index in [4.69, 9.17) is 0 Å². The summed E-state index contributed by atoms with van der Waals surface area (Å²) in [7, 11) is 0. The number of aromatic nitrogens is 2. The lowest BCUT2D eigenvalue weighted by atomic mass is 9.91. The third-order valence-corrected chi connectivity index (χ3v) is 7.14. The molecule has 4 aromatic rings. The van der Waals surface area contributed by atoms with Crippen LogP contribution in [0, 0.1) is 5.82 Å². The number of hydrogen-bond donors (Lipinski definition) is 2. The first-order valence-corrected chi connectivity index (χ1v) is 12.8. The van der Waals surface area contributed by atoms with Crippen molar-refractivity contribution in [2.45, 2.75) is 19.9 Å². The second kappa shape index (κ2) is 10.2. The zero-order valence-corrected chi connectivity index (χ0v) is 21.2. The molecule has 0 atom stereocenters. The van der Waals surface area contributed by atoms with E-state index in [0.29, 0.717) is 29.1 Å². The van der Waals surface area contributed by atoms with Crippen LogP contribution in [0.15, 0.2) is 84.8 Å². The monoisotopic (exact) mass is 505 g/mol. The number of carbonyl (C=O) groups excluding carboxylic acids is 1. The van der Waals surface area contributed by atoms with Crippen molar-refractivity contribution >= 4 is 22.9 Å². The molecule has 0 spiro atoms. The van der Waals surface area contributed by atoms with Crippen molar-refractivity contribution in [3.8, 4) is 22.4 Å². The van der Waals surface area contributed by atoms with E-state index in [2.05, 4.69) is 43.7 Å². The van der Waals surface area contributed by atoms with Gasteiger partial charge in [0.15, 0.2) is 0 Å². The van der Waals surface area contributed by atoms with Gasteiger partial charge >= 0.3 is 0 Å². The quantitative estimate of drug-likeness (QED) is 0.337. The Morgan fingerprint density at radius 2 is 1.87 bits per heavy atom. The van der Waals surface area contributed by atoms with Gasteiger partial charge in [0.05, 0.1) is 17.6 Å². The van der Waals surface area contributed by atoms with Crippen LogP contribution >= 0.6 is 0 Å². The first-order valence-electron chi connectivity index (χ1n) is 12.8.